The maximum Gasteiger partial charge on any atom is 2.00 e. The SMILES string of the molecule is O=C(O)CC(O)C(=O)O.[H-].[H-].[Mg+2]. The Bertz CT molecular complexity index is 141. The summed E-state index contributed by atoms with van der Waals surface area (Å²) < 4.78 is 0. The fraction of sp³-hybridized carbons (Fsp3) is 0.500. The number of aliphatic carboxylic acids is 2. The van der Waals surface area contributed by atoms with Crippen LogP contribution in [0.15, 0.2) is 0 Å². The van der Waals surface area contributed by atoms with Crippen molar-refractivity contribution < 1.29 is 27.8 Å². The van der Waals surface area contributed by atoms with E-state index in [0.29, 0.717) is 0 Å². The van der Waals surface area contributed by atoms with Crippen molar-refractivity contribution in [3.05, 3.63) is 0 Å². The zero-order valence-corrected chi connectivity index (χ0v) is 6.56. The molecule has 0 saturated carbocycles. The van der Waals surface area contributed by atoms with Gasteiger partial charge in [0.1, 0.15) is 0 Å². The average Bonchev–Trinajstić information content (AvgIpc) is 1.63. The zero-order valence-electron chi connectivity index (χ0n) is 7.15. The van der Waals surface area contributed by atoms with E-state index < -0.39 is 24.5 Å². The van der Waals surface area contributed by atoms with Crippen molar-refractivity contribution in [1.29, 1.82) is 0 Å². The summed E-state index contributed by atoms with van der Waals surface area (Å²) in [5.41, 5.74) is 0. The number of carbonyl (C=O) groups is 2. The van der Waals surface area contributed by atoms with Crippen molar-refractivity contribution in [2.75, 3.05) is 0 Å². The molecule has 10 heavy (non-hydrogen) atoms. The van der Waals surface area contributed by atoms with Gasteiger partial charge in [0.2, 0.25) is 0 Å². The van der Waals surface area contributed by atoms with Crippen LogP contribution < -0.4 is 0 Å². The smallest absolute Gasteiger partial charge is 1.00 e. The molecule has 0 bridgehead atoms. The monoisotopic (exact) mass is 160 g/mol. The molecule has 0 saturated heterocycles. The number of hydrogen-bond donors (Lipinski definition) is 3. The summed E-state index contributed by atoms with van der Waals surface area (Å²) in [7, 11) is 0. The van der Waals surface area contributed by atoms with Crippen LogP contribution in [0.5, 0.6) is 0 Å². The van der Waals surface area contributed by atoms with Crippen molar-refractivity contribution in [2.24, 2.45) is 0 Å². The number of aliphatic hydroxyl groups is 1. The van der Waals surface area contributed by atoms with Crippen molar-refractivity contribution in [1.82, 2.24) is 0 Å². The Morgan fingerprint density at radius 2 is 1.80 bits per heavy atom. The van der Waals surface area contributed by atoms with Gasteiger partial charge in [-0.05, 0) is 0 Å². The van der Waals surface area contributed by atoms with Crippen LogP contribution in [0.1, 0.15) is 9.27 Å². The van der Waals surface area contributed by atoms with Crippen LogP contribution in [0.25, 0.3) is 0 Å². The van der Waals surface area contributed by atoms with Crippen LogP contribution in [-0.4, -0.2) is 56.4 Å². The van der Waals surface area contributed by atoms with E-state index in [4.69, 9.17) is 15.3 Å². The topological polar surface area (TPSA) is 94.8 Å². The van der Waals surface area contributed by atoms with Crippen molar-refractivity contribution >= 4 is 35.0 Å². The van der Waals surface area contributed by atoms with Gasteiger partial charge in [0.15, 0.2) is 6.10 Å². The molecule has 3 N–H and O–H groups in total. The Morgan fingerprint density at radius 3 is 1.90 bits per heavy atom. The van der Waals surface area contributed by atoms with E-state index in [1.807, 2.05) is 0 Å². The second-order valence-electron chi connectivity index (χ2n) is 1.45. The molecule has 0 spiro atoms. The molecule has 5 nitrogen and oxygen atoms in total. The van der Waals surface area contributed by atoms with E-state index in [0.717, 1.165) is 0 Å². The molecular weight excluding hydrogens is 152 g/mol. The van der Waals surface area contributed by atoms with Gasteiger partial charge in [0.25, 0.3) is 0 Å². The van der Waals surface area contributed by atoms with Crippen LogP contribution in [0.3, 0.4) is 0 Å². The van der Waals surface area contributed by atoms with E-state index in [9.17, 15) is 9.59 Å². The van der Waals surface area contributed by atoms with Crippen molar-refractivity contribution in [2.45, 2.75) is 12.5 Å². The fourth-order valence-electron chi connectivity index (χ4n) is 0.253. The Hall–Kier alpha value is -0.334. The predicted octanol–water partition coefficient (Wildman–Crippen LogP) is -1.25. The average molecular weight is 160 g/mol. The summed E-state index contributed by atoms with van der Waals surface area (Å²) in [5, 5.41) is 24.1. The molecule has 1 atom stereocenters. The predicted molar refractivity (Wildman–Crippen MR) is 33.9 cm³/mol. The van der Waals surface area contributed by atoms with Crippen LogP contribution >= 0.6 is 0 Å². The number of hydrogen-bond acceptors (Lipinski definition) is 3. The Balaban J connectivity index is -0.000000107. The summed E-state index contributed by atoms with van der Waals surface area (Å²) >= 11 is 0. The minimum atomic E-state index is -1.79. The number of carboxylic acids is 2. The second kappa shape index (κ2) is 5.45. The molecule has 0 aromatic heterocycles. The van der Waals surface area contributed by atoms with E-state index in [1.54, 1.807) is 0 Å². The molecule has 0 heterocycles. The minimum Gasteiger partial charge on any atom is -1.00 e. The van der Waals surface area contributed by atoms with Gasteiger partial charge in [-0.15, -0.1) is 0 Å². The van der Waals surface area contributed by atoms with Gasteiger partial charge in [-0.2, -0.15) is 0 Å². The van der Waals surface area contributed by atoms with Gasteiger partial charge in [-0.1, -0.05) is 0 Å². The van der Waals surface area contributed by atoms with Gasteiger partial charge >= 0.3 is 35.0 Å². The maximum atomic E-state index is 9.72. The molecule has 0 rings (SSSR count). The van der Waals surface area contributed by atoms with Crippen LogP contribution in [0.2, 0.25) is 0 Å². The summed E-state index contributed by atoms with van der Waals surface area (Å²) in [4.78, 5) is 19.4. The normalized spacial score (nSPS) is 11.3. The van der Waals surface area contributed by atoms with Gasteiger partial charge < -0.3 is 18.2 Å². The first kappa shape index (κ1) is 12.4. The van der Waals surface area contributed by atoms with E-state index in [1.165, 1.54) is 0 Å². The zero-order chi connectivity index (χ0) is 7.44. The quantitative estimate of drug-likeness (QED) is 0.449. The molecule has 0 amide bonds. The molecule has 1 unspecified atom stereocenters. The van der Waals surface area contributed by atoms with Crippen LogP contribution in [0, 0.1) is 0 Å². The third kappa shape index (κ3) is 5.80. The molecule has 0 radical (unpaired) electrons. The van der Waals surface area contributed by atoms with Crippen LogP contribution in [0.4, 0.5) is 0 Å². The van der Waals surface area contributed by atoms with E-state index >= 15 is 0 Å². The van der Waals surface area contributed by atoms with Crippen molar-refractivity contribution in [3.63, 3.8) is 0 Å². The van der Waals surface area contributed by atoms with E-state index in [-0.39, 0.29) is 25.9 Å². The molecule has 0 fully saturated rings. The third-order valence-corrected chi connectivity index (χ3v) is 0.653. The second-order valence-corrected chi connectivity index (χ2v) is 1.45. The first-order valence-corrected chi connectivity index (χ1v) is 2.16. The van der Waals surface area contributed by atoms with E-state index in [2.05, 4.69) is 0 Å². The Kier molecular flexibility index (Phi) is 6.73. The molecule has 56 valence electrons. The Morgan fingerprint density at radius 1 is 1.40 bits per heavy atom. The largest absolute Gasteiger partial charge is 2.00 e. The molecule has 0 aliphatic heterocycles. The van der Waals surface area contributed by atoms with Crippen LogP contribution in [-0.2, 0) is 9.59 Å². The molecular formula is C4H8MgO5. The fourth-order valence-corrected chi connectivity index (χ4v) is 0.253. The van der Waals surface area contributed by atoms with Crippen molar-refractivity contribution in [3.8, 4) is 0 Å². The number of aliphatic hydroxyl groups excluding tert-OH is 1. The van der Waals surface area contributed by atoms with Gasteiger partial charge in [-0.3, -0.25) is 4.79 Å². The first-order chi connectivity index (χ1) is 4.04. The number of carboxylic acid groups (broad SMARTS) is 2. The summed E-state index contributed by atoms with van der Waals surface area (Å²) in [6.07, 6.45) is -2.54. The molecule has 6 heteroatoms. The Labute approximate surface area is 75.8 Å². The third-order valence-electron chi connectivity index (χ3n) is 0.653. The summed E-state index contributed by atoms with van der Waals surface area (Å²) in [5.74, 6) is -2.85. The summed E-state index contributed by atoms with van der Waals surface area (Å²) in [6.45, 7) is 0. The standard InChI is InChI=1S/C4H6O5.Mg.2H/c5-2(4(8)9)1-3(6)7;;;/h2,5H,1H2,(H,6,7)(H,8,9);;;/q;+2;2*-1. The van der Waals surface area contributed by atoms with Gasteiger partial charge in [-0.25, -0.2) is 4.79 Å². The summed E-state index contributed by atoms with van der Waals surface area (Å²) in [6, 6.07) is 0. The minimum absolute atomic E-state index is 0. The first-order valence-electron chi connectivity index (χ1n) is 2.16. The number of rotatable bonds is 3. The maximum absolute atomic E-state index is 9.72. The molecule has 0 aromatic rings. The van der Waals surface area contributed by atoms with Gasteiger partial charge in [0.05, 0.1) is 6.42 Å². The van der Waals surface area contributed by atoms with Gasteiger partial charge in [0, 0.05) is 0 Å². The molecule has 0 aliphatic rings. The molecule has 0 aromatic carbocycles. The molecule has 0 aliphatic carbocycles.